The lowest BCUT2D eigenvalue weighted by molar-refractivity contribution is 0.491. The van der Waals surface area contributed by atoms with Crippen LogP contribution in [0.2, 0.25) is 0 Å². The Bertz CT molecular complexity index is 1870. The normalized spacial score (nSPS) is 20.0. The topological polar surface area (TPSA) is 0 Å². The molecule has 0 heteroatoms. The molecular weight excluding hydrogens is 661 g/mol. The molecule has 0 aromatic heterocycles. The molecule has 9 rings (SSSR count). The van der Waals surface area contributed by atoms with Gasteiger partial charge in [-0.15, -0.1) is 0 Å². The van der Waals surface area contributed by atoms with E-state index >= 15 is 0 Å². The molecule has 4 aliphatic carbocycles. The first-order valence-electron chi connectivity index (χ1n) is 22.3. The maximum Gasteiger partial charge on any atom is -0.00750 e. The van der Waals surface area contributed by atoms with Gasteiger partial charge in [-0.3, -0.25) is 0 Å². The fourth-order valence-corrected chi connectivity index (χ4v) is 10.3. The second kappa shape index (κ2) is 18.5. The molecule has 4 fully saturated rings. The summed E-state index contributed by atoms with van der Waals surface area (Å²) in [6.45, 7) is 14.0. The second-order valence-corrected chi connectivity index (χ2v) is 18.9. The van der Waals surface area contributed by atoms with Crippen molar-refractivity contribution in [3.8, 4) is 0 Å². The predicted octanol–water partition coefficient (Wildman–Crippen LogP) is 16.1. The number of benzene rings is 5. The number of fused-ring (bicyclic) bond motifs is 1. The van der Waals surface area contributed by atoms with Crippen molar-refractivity contribution < 1.29 is 0 Å². The van der Waals surface area contributed by atoms with Crippen LogP contribution in [0.3, 0.4) is 0 Å². The monoisotopic (exact) mass is 733 g/mol. The Kier molecular flexibility index (Phi) is 13.8. The van der Waals surface area contributed by atoms with Gasteiger partial charge >= 0.3 is 0 Å². The van der Waals surface area contributed by atoms with Gasteiger partial charge in [0.15, 0.2) is 0 Å². The van der Waals surface area contributed by atoms with E-state index in [1.54, 1.807) is 5.56 Å². The molecule has 4 saturated carbocycles. The molecule has 0 amide bonds. The average molecular weight is 733 g/mol. The number of aryl methyl sites for hydroxylation is 2. The number of hydrogen-bond acceptors (Lipinski definition) is 0. The lowest BCUT2D eigenvalue weighted by Crippen LogP contribution is -2.16. The standard InChI is InChI=1S/C16H18.C14H20.C13H18.C12H16/c1-16(10-4-5-11-16)15-9-8-13-6-2-3-7-14(13)12-15;1-3-12-6-8-13(9-7-12)14(2)10-4-5-11-14;1-11-5-7-12(8-6-11)13(2)9-3-4-10-13;1-12(9-5-6-10-12)11-7-3-2-4-8-11/h2-3,6-9,12H,4-5,10-11H2,1H3;6-9H,3-5,10-11H2,1-2H3;5-8H,3-4,9-10H2,1-2H3;2-4,7-8H,5-6,9-10H2,1H3. The molecule has 4 aliphatic rings. The Morgan fingerprint density at radius 1 is 0.364 bits per heavy atom. The summed E-state index contributed by atoms with van der Waals surface area (Å²) < 4.78 is 0. The Morgan fingerprint density at radius 2 is 0.709 bits per heavy atom. The molecule has 0 heterocycles. The SMILES string of the molecule is CC1(c2ccc3ccccc3c2)CCCC1.CC1(c2ccccc2)CCCC1.CCc1ccc(C2(C)CCCC2)cc1.Cc1ccc(C2(C)CCCC2)cc1. The van der Waals surface area contributed by atoms with Crippen molar-refractivity contribution in [1.29, 1.82) is 0 Å². The third kappa shape index (κ3) is 10.4. The van der Waals surface area contributed by atoms with E-state index in [0.717, 1.165) is 6.42 Å². The molecule has 0 nitrogen and oxygen atoms in total. The van der Waals surface area contributed by atoms with E-state index in [9.17, 15) is 0 Å². The molecule has 5 aromatic rings. The van der Waals surface area contributed by atoms with Crippen molar-refractivity contribution in [3.63, 3.8) is 0 Å². The minimum atomic E-state index is 0.435. The van der Waals surface area contributed by atoms with Gasteiger partial charge in [-0.2, -0.15) is 0 Å². The highest BCUT2D eigenvalue weighted by molar-refractivity contribution is 5.83. The molecular formula is C55H72. The lowest BCUT2D eigenvalue weighted by atomic mass is 9.80. The third-order valence-corrected chi connectivity index (χ3v) is 14.6. The van der Waals surface area contributed by atoms with E-state index in [0.29, 0.717) is 21.7 Å². The zero-order valence-corrected chi connectivity index (χ0v) is 35.6. The smallest absolute Gasteiger partial charge is 0.00750 e. The van der Waals surface area contributed by atoms with Gasteiger partial charge in [0.2, 0.25) is 0 Å². The Balaban J connectivity index is 0.000000125. The summed E-state index contributed by atoms with van der Waals surface area (Å²) >= 11 is 0. The average Bonchev–Trinajstić information content (AvgIpc) is 4.07. The van der Waals surface area contributed by atoms with Crippen molar-refractivity contribution in [2.75, 3.05) is 0 Å². The van der Waals surface area contributed by atoms with E-state index in [2.05, 4.69) is 163 Å². The molecule has 0 aliphatic heterocycles. The fourth-order valence-electron chi connectivity index (χ4n) is 10.3. The summed E-state index contributed by atoms with van der Waals surface area (Å²) in [5, 5.41) is 2.74. The van der Waals surface area contributed by atoms with Crippen molar-refractivity contribution in [2.45, 2.75) is 172 Å². The van der Waals surface area contributed by atoms with Gasteiger partial charge in [-0.25, -0.2) is 0 Å². The van der Waals surface area contributed by atoms with Crippen molar-refractivity contribution in [2.24, 2.45) is 0 Å². The largest absolute Gasteiger partial charge is 0.0622 e. The van der Waals surface area contributed by atoms with Crippen molar-refractivity contribution in [3.05, 3.63) is 155 Å². The summed E-state index contributed by atoms with van der Waals surface area (Å²) in [5.41, 5.74) is 10.8. The summed E-state index contributed by atoms with van der Waals surface area (Å²) in [6.07, 6.45) is 23.3. The highest BCUT2D eigenvalue weighted by atomic mass is 14.4. The molecule has 5 aromatic carbocycles. The van der Waals surface area contributed by atoms with Crippen LogP contribution >= 0.6 is 0 Å². The van der Waals surface area contributed by atoms with Gasteiger partial charge in [-0.05, 0) is 125 Å². The van der Waals surface area contributed by atoms with Crippen LogP contribution in [0.15, 0.2) is 121 Å². The fraction of sp³-hybridized carbons (Fsp3) is 0.491. The first-order valence-corrected chi connectivity index (χ1v) is 22.3. The minimum absolute atomic E-state index is 0.435. The van der Waals surface area contributed by atoms with Gasteiger partial charge in [0, 0.05) is 0 Å². The summed E-state index contributed by atoms with van der Waals surface area (Å²) in [4.78, 5) is 0. The Labute approximate surface area is 336 Å². The molecule has 0 bridgehead atoms. The molecule has 0 radical (unpaired) electrons. The predicted molar refractivity (Wildman–Crippen MR) is 241 cm³/mol. The molecule has 292 valence electrons. The minimum Gasteiger partial charge on any atom is -0.0622 e. The highest BCUT2D eigenvalue weighted by Gasteiger charge is 2.32. The molecule has 0 unspecified atom stereocenters. The lowest BCUT2D eigenvalue weighted by Gasteiger charge is -2.24. The molecule has 55 heavy (non-hydrogen) atoms. The first-order chi connectivity index (χ1) is 26.5. The van der Waals surface area contributed by atoms with E-state index in [1.807, 2.05) is 0 Å². The summed E-state index contributed by atoms with van der Waals surface area (Å²) in [6, 6.07) is 44.9. The van der Waals surface area contributed by atoms with Gasteiger partial charge < -0.3 is 0 Å². The van der Waals surface area contributed by atoms with Crippen LogP contribution in [0.1, 0.15) is 171 Å². The van der Waals surface area contributed by atoms with Crippen LogP contribution in [0.25, 0.3) is 10.8 Å². The Morgan fingerprint density at radius 3 is 1.15 bits per heavy atom. The quantitative estimate of drug-likeness (QED) is 0.169. The first kappa shape index (κ1) is 41.0. The number of hydrogen-bond donors (Lipinski definition) is 0. The summed E-state index contributed by atoms with van der Waals surface area (Å²) in [7, 11) is 0. The van der Waals surface area contributed by atoms with Gasteiger partial charge in [0.1, 0.15) is 0 Å². The van der Waals surface area contributed by atoms with E-state index in [-0.39, 0.29) is 0 Å². The molecule has 0 atom stereocenters. The molecule has 0 N–H and O–H groups in total. The van der Waals surface area contributed by atoms with Crippen molar-refractivity contribution >= 4 is 10.8 Å². The van der Waals surface area contributed by atoms with Crippen LogP contribution in [-0.2, 0) is 28.1 Å². The summed E-state index contributed by atoms with van der Waals surface area (Å²) in [5.74, 6) is 0. The van der Waals surface area contributed by atoms with E-state index in [4.69, 9.17) is 0 Å². The Hall–Kier alpha value is -3.64. The maximum atomic E-state index is 2.42. The van der Waals surface area contributed by atoms with Crippen LogP contribution in [0.4, 0.5) is 0 Å². The van der Waals surface area contributed by atoms with Gasteiger partial charge in [0.25, 0.3) is 0 Å². The van der Waals surface area contributed by atoms with Crippen LogP contribution in [0.5, 0.6) is 0 Å². The third-order valence-electron chi connectivity index (χ3n) is 14.6. The number of rotatable bonds is 5. The van der Waals surface area contributed by atoms with Crippen molar-refractivity contribution in [1.82, 2.24) is 0 Å². The van der Waals surface area contributed by atoms with Crippen LogP contribution in [-0.4, -0.2) is 0 Å². The molecule has 0 spiro atoms. The van der Waals surface area contributed by atoms with Gasteiger partial charge in [-0.1, -0.05) is 213 Å². The van der Waals surface area contributed by atoms with Crippen LogP contribution < -0.4 is 0 Å². The second-order valence-electron chi connectivity index (χ2n) is 18.9. The van der Waals surface area contributed by atoms with E-state index in [1.165, 1.54) is 141 Å². The maximum absolute atomic E-state index is 2.42. The highest BCUT2D eigenvalue weighted by Crippen LogP contribution is 2.43. The van der Waals surface area contributed by atoms with Gasteiger partial charge in [0.05, 0.1) is 0 Å². The zero-order chi connectivity index (χ0) is 38.8. The molecule has 0 saturated heterocycles. The van der Waals surface area contributed by atoms with E-state index < -0.39 is 0 Å². The zero-order valence-electron chi connectivity index (χ0n) is 35.6. The van der Waals surface area contributed by atoms with Crippen LogP contribution in [0, 0.1) is 6.92 Å².